The molecule has 1 atom stereocenters. The molecule has 2 heterocycles. The average molecular weight is 328 g/mol. The summed E-state index contributed by atoms with van der Waals surface area (Å²) in [6, 6.07) is 3.25. The Kier molecular flexibility index (Phi) is 3.47. The molecule has 0 saturated heterocycles. The lowest BCUT2D eigenvalue weighted by Gasteiger charge is -2.21. The third kappa shape index (κ3) is 2.11. The standard InChI is InChI=1S/C17H20N4O3/c1-8(2)17(4)16(24)19-14(20-17)12-10(15(22)23)6-7-11-13(12)18-9(3)21(11)5/h6-8H,1-5H3,(H,22,23)(H,19,20,24). The second-order valence-electron chi connectivity index (χ2n) is 6.60. The van der Waals surface area contributed by atoms with Crippen LogP contribution in [-0.4, -0.2) is 37.9 Å². The SMILES string of the molecule is Cc1nc2c(C3=NC(C)(C(C)C)C(=O)N3)c(C(=O)O)ccc2n1C. The number of nitrogens with zero attached hydrogens (tertiary/aromatic N) is 3. The normalized spacial score (nSPS) is 20.6. The van der Waals surface area contributed by atoms with Crippen molar-refractivity contribution in [2.75, 3.05) is 0 Å². The highest BCUT2D eigenvalue weighted by molar-refractivity contribution is 6.22. The van der Waals surface area contributed by atoms with Crippen molar-refractivity contribution >= 4 is 28.7 Å². The Morgan fingerprint density at radius 1 is 1.38 bits per heavy atom. The fourth-order valence-corrected chi connectivity index (χ4v) is 2.85. The number of aryl methyl sites for hydroxylation is 2. The van der Waals surface area contributed by atoms with Crippen LogP contribution in [0.1, 0.15) is 42.5 Å². The lowest BCUT2D eigenvalue weighted by atomic mass is 9.89. The molecule has 0 aliphatic carbocycles. The van der Waals surface area contributed by atoms with Gasteiger partial charge in [0.2, 0.25) is 0 Å². The Morgan fingerprint density at radius 3 is 2.58 bits per heavy atom. The van der Waals surface area contributed by atoms with Crippen LogP contribution >= 0.6 is 0 Å². The number of nitrogens with one attached hydrogen (secondary N) is 1. The summed E-state index contributed by atoms with van der Waals surface area (Å²) < 4.78 is 1.88. The lowest BCUT2D eigenvalue weighted by molar-refractivity contribution is -0.124. The maximum Gasteiger partial charge on any atom is 0.336 e. The number of carbonyl (C=O) groups is 2. The zero-order valence-electron chi connectivity index (χ0n) is 14.3. The third-order valence-electron chi connectivity index (χ3n) is 4.90. The fourth-order valence-electron chi connectivity index (χ4n) is 2.85. The van der Waals surface area contributed by atoms with Gasteiger partial charge >= 0.3 is 5.97 Å². The van der Waals surface area contributed by atoms with Crippen LogP contribution in [0.25, 0.3) is 11.0 Å². The molecule has 1 aliphatic heterocycles. The molecule has 0 fully saturated rings. The zero-order valence-corrected chi connectivity index (χ0v) is 14.3. The van der Waals surface area contributed by atoms with Gasteiger partial charge in [0.15, 0.2) is 0 Å². The first-order valence-corrected chi connectivity index (χ1v) is 7.77. The van der Waals surface area contributed by atoms with Crippen molar-refractivity contribution in [2.24, 2.45) is 18.0 Å². The molecule has 0 bridgehead atoms. The highest BCUT2D eigenvalue weighted by Crippen LogP contribution is 2.30. The van der Waals surface area contributed by atoms with Crippen LogP contribution in [0, 0.1) is 12.8 Å². The summed E-state index contributed by atoms with van der Waals surface area (Å²) in [5, 5.41) is 12.3. The van der Waals surface area contributed by atoms with E-state index in [1.54, 1.807) is 13.0 Å². The largest absolute Gasteiger partial charge is 0.478 e. The molecule has 2 N–H and O–H groups in total. The van der Waals surface area contributed by atoms with Gasteiger partial charge in [-0.15, -0.1) is 0 Å². The highest BCUT2D eigenvalue weighted by Gasteiger charge is 2.43. The Labute approximate surface area is 139 Å². The van der Waals surface area contributed by atoms with Crippen molar-refractivity contribution in [1.82, 2.24) is 14.9 Å². The molecular formula is C17H20N4O3. The molecule has 1 amide bonds. The van der Waals surface area contributed by atoms with E-state index >= 15 is 0 Å². The number of aromatic carboxylic acids is 1. The predicted molar refractivity (Wildman–Crippen MR) is 90.3 cm³/mol. The quantitative estimate of drug-likeness (QED) is 0.899. The first kappa shape index (κ1) is 16.2. The summed E-state index contributed by atoms with van der Waals surface area (Å²) in [5.41, 5.74) is 0.843. The number of imidazole rings is 1. The number of benzene rings is 1. The average Bonchev–Trinajstić information content (AvgIpc) is 2.97. The Bertz CT molecular complexity index is 910. The van der Waals surface area contributed by atoms with E-state index in [0.717, 1.165) is 11.3 Å². The number of hydrogen-bond donors (Lipinski definition) is 2. The maximum absolute atomic E-state index is 12.4. The number of fused-ring (bicyclic) bond motifs is 1. The van der Waals surface area contributed by atoms with Crippen molar-refractivity contribution in [2.45, 2.75) is 33.2 Å². The molecule has 24 heavy (non-hydrogen) atoms. The molecule has 0 saturated carbocycles. The Hall–Kier alpha value is -2.70. The number of hydrogen-bond acceptors (Lipinski definition) is 4. The van der Waals surface area contributed by atoms with E-state index in [0.29, 0.717) is 11.1 Å². The van der Waals surface area contributed by atoms with Crippen LogP contribution in [0.5, 0.6) is 0 Å². The number of carboxylic acids is 1. The van der Waals surface area contributed by atoms with Gasteiger partial charge in [-0.3, -0.25) is 9.79 Å². The molecule has 1 unspecified atom stereocenters. The summed E-state index contributed by atoms with van der Waals surface area (Å²) in [5.74, 6) is -0.297. The smallest absolute Gasteiger partial charge is 0.336 e. The van der Waals surface area contributed by atoms with E-state index in [1.807, 2.05) is 32.4 Å². The van der Waals surface area contributed by atoms with E-state index < -0.39 is 11.5 Å². The second kappa shape index (κ2) is 5.15. The van der Waals surface area contributed by atoms with Gasteiger partial charge in [0.05, 0.1) is 16.6 Å². The number of carboxylic acid groups (broad SMARTS) is 1. The van der Waals surface area contributed by atoms with Gasteiger partial charge in [-0.1, -0.05) is 13.8 Å². The molecule has 0 radical (unpaired) electrons. The number of aliphatic imine (C=N–C) groups is 1. The monoisotopic (exact) mass is 328 g/mol. The number of rotatable bonds is 3. The summed E-state index contributed by atoms with van der Waals surface area (Å²) in [7, 11) is 1.86. The minimum atomic E-state index is -1.08. The highest BCUT2D eigenvalue weighted by atomic mass is 16.4. The second-order valence-corrected chi connectivity index (χ2v) is 6.60. The minimum absolute atomic E-state index is 0.0204. The number of amidine groups is 1. The molecule has 1 aromatic heterocycles. The number of amides is 1. The molecule has 1 aromatic carbocycles. The molecule has 0 spiro atoms. The van der Waals surface area contributed by atoms with Crippen LogP contribution in [0.4, 0.5) is 0 Å². The van der Waals surface area contributed by atoms with Gasteiger partial charge in [0, 0.05) is 7.05 Å². The van der Waals surface area contributed by atoms with Crippen LogP contribution in [0.2, 0.25) is 0 Å². The number of aromatic nitrogens is 2. The predicted octanol–water partition coefficient (Wildman–Crippen LogP) is 1.87. The summed E-state index contributed by atoms with van der Waals surface area (Å²) in [6.45, 7) is 7.42. The van der Waals surface area contributed by atoms with Gasteiger partial charge in [-0.25, -0.2) is 9.78 Å². The lowest BCUT2D eigenvalue weighted by Crippen LogP contribution is -2.41. The molecule has 1 aliphatic rings. The van der Waals surface area contributed by atoms with Crippen LogP contribution in [-0.2, 0) is 11.8 Å². The van der Waals surface area contributed by atoms with Crippen molar-refractivity contribution in [3.8, 4) is 0 Å². The molecule has 2 aromatic rings. The van der Waals surface area contributed by atoms with Crippen LogP contribution in [0.3, 0.4) is 0 Å². The Balaban J connectivity index is 2.33. The van der Waals surface area contributed by atoms with Crippen molar-refractivity contribution in [3.63, 3.8) is 0 Å². The van der Waals surface area contributed by atoms with Gasteiger partial charge < -0.3 is 15.0 Å². The first-order chi connectivity index (χ1) is 11.2. The molecular weight excluding hydrogens is 308 g/mol. The van der Waals surface area contributed by atoms with E-state index in [2.05, 4.69) is 15.3 Å². The van der Waals surface area contributed by atoms with E-state index in [4.69, 9.17) is 0 Å². The summed E-state index contributed by atoms with van der Waals surface area (Å²) in [4.78, 5) is 33.1. The van der Waals surface area contributed by atoms with E-state index in [-0.39, 0.29) is 23.2 Å². The van der Waals surface area contributed by atoms with Gasteiger partial charge in [0.1, 0.15) is 22.7 Å². The van der Waals surface area contributed by atoms with E-state index in [1.165, 1.54) is 6.07 Å². The van der Waals surface area contributed by atoms with Crippen molar-refractivity contribution < 1.29 is 14.7 Å². The zero-order chi connectivity index (χ0) is 17.8. The fraction of sp³-hybridized carbons (Fsp3) is 0.412. The Morgan fingerprint density at radius 2 is 2.04 bits per heavy atom. The first-order valence-electron chi connectivity index (χ1n) is 7.77. The molecule has 3 rings (SSSR count). The molecule has 7 nitrogen and oxygen atoms in total. The van der Waals surface area contributed by atoms with Crippen molar-refractivity contribution in [1.29, 1.82) is 0 Å². The van der Waals surface area contributed by atoms with E-state index in [9.17, 15) is 14.7 Å². The van der Waals surface area contributed by atoms with Crippen molar-refractivity contribution in [3.05, 3.63) is 29.1 Å². The summed E-state index contributed by atoms with van der Waals surface area (Å²) >= 11 is 0. The van der Waals surface area contributed by atoms with Gasteiger partial charge in [0.25, 0.3) is 5.91 Å². The van der Waals surface area contributed by atoms with Gasteiger partial charge in [-0.05, 0) is 31.9 Å². The topological polar surface area (TPSA) is 96.6 Å². The van der Waals surface area contributed by atoms with Crippen LogP contribution < -0.4 is 5.32 Å². The maximum atomic E-state index is 12.4. The minimum Gasteiger partial charge on any atom is -0.478 e. The number of carbonyl (C=O) groups excluding carboxylic acids is 1. The third-order valence-corrected chi connectivity index (χ3v) is 4.90. The van der Waals surface area contributed by atoms with Gasteiger partial charge in [-0.2, -0.15) is 0 Å². The molecule has 126 valence electrons. The van der Waals surface area contributed by atoms with Crippen LogP contribution in [0.15, 0.2) is 17.1 Å². The molecule has 7 heteroatoms. The summed E-state index contributed by atoms with van der Waals surface area (Å²) in [6.07, 6.45) is 0.